The Labute approximate surface area is 125 Å². The van der Waals surface area contributed by atoms with Gasteiger partial charge in [0.05, 0.1) is 7.11 Å². The van der Waals surface area contributed by atoms with Crippen molar-refractivity contribution in [3.05, 3.63) is 23.9 Å². The summed E-state index contributed by atoms with van der Waals surface area (Å²) in [5.74, 6) is 1.43. The number of aliphatic imine (C=N–C) groups is 1. The molecule has 18 heavy (non-hydrogen) atoms. The average molecular weight is 364 g/mol. The number of aromatic nitrogens is 1. The molecular formula is C12H21IN4O. The average Bonchev–Trinajstić information content (AvgIpc) is 2.39. The van der Waals surface area contributed by atoms with Crippen molar-refractivity contribution in [2.24, 2.45) is 4.99 Å². The number of hydrogen-bond acceptors (Lipinski definition) is 3. The first kappa shape index (κ1) is 16.9. The second-order valence-electron chi connectivity index (χ2n) is 3.56. The van der Waals surface area contributed by atoms with Gasteiger partial charge in [0.25, 0.3) is 0 Å². The third-order valence-corrected chi connectivity index (χ3v) is 2.23. The van der Waals surface area contributed by atoms with Gasteiger partial charge in [0.2, 0.25) is 5.88 Å². The maximum atomic E-state index is 5.07. The molecule has 5 nitrogen and oxygen atoms in total. The van der Waals surface area contributed by atoms with E-state index in [0.29, 0.717) is 12.4 Å². The summed E-state index contributed by atoms with van der Waals surface area (Å²) in [4.78, 5) is 8.19. The van der Waals surface area contributed by atoms with Crippen molar-refractivity contribution in [2.75, 3.05) is 20.7 Å². The van der Waals surface area contributed by atoms with Gasteiger partial charge in [-0.15, -0.1) is 24.0 Å². The maximum Gasteiger partial charge on any atom is 0.213 e. The van der Waals surface area contributed by atoms with Crippen LogP contribution >= 0.6 is 24.0 Å². The van der Waals surface area contributed by atoms with Gasteiger partial charge in [0.1, 0.15) is 0 Å². The van der Waals surface area contributed by atoms with Crippen LogP contribution < -0.4 is 15.4 Å². The number of halogens is 1. The number of methoxy groups -OCH3 is 1. The third-order valence-electron chi connectivity index (χ3n) is 2.23. The van der Waals surface area contributed by atoms with Crippen molar-refractivity contribution < 1.29 is 4.74 Å². The molecule has 0 fully saturated rings. The number of hydrogen-bond donors (Lipinski definition) is 2. The zero-order valence-corrected chi connectivity index (χ0v) is 13.4. The lowest BCUT2D eigenvalue weighted by atomic mass is 10.2. The highest BCUT2D eigenvalue weighted by molar-refractivity contribution is 14.0. The van der Waals surface area contributed by atoms with Crippen LogP contribution in [0.1, 0.15) is 18.9 Å². The van der Waals surface area contributed by atoms with Crippen molar-refractivity contribution >= 4 is 29.9 Å². The minimum atomic E-state index is 0. The predicted octanol–water partition coefficient (Wildman–Crippen LogP) is 1.78. The third kappa shape index (κ3) is 6.04. The number of nitrogens with one attached hydrogen (secondary N) is 2. The fourth-order valence-corrected chi connectivity index (χ4v) is 1.32. The summed E-state index contributed by atoms with van der Waals surface area (Å²) in [6, 6.07) is 3.85. The molecule has 0 radical (unpaired) electrons. The molecule has 0 aliphatic heterocycles. The summed E-state index contributed by atoms with van der Waals surface area (Å²) in [5.41, 5.74) is 1.11. The van der Waals surface area contributed by atoms with E-state index in [1.165, 1.54) is 0 Å². The van der Waals surface area contributed by atoms with Gasteiger partial charge in [0, 0.05) is 32.4 Å². The summed E-state index contributed by atoms with van der Waals surface area (Å²) in [6.07, 6.45) is 2.81. The lowest BCUT2D eigenvalue weighted by molar-refractivity contribution is 0.397. The Morgan fingerprint density at radius 2 is 2.22 bits per heavy atom. The van der Waals surface area contributed by atoms with Crippen molar-refractivity contribution in [2.45, 2.75) is 19.9 Å². The molecule has 0 aliphatic carbocycles. The van der Waals surface area contributed by atoms with E-state index in [1.54, 1.807) is 20.4 Å². The van der Waals surface area contributed by atoms with E-state index in [4.69, 9.17) is 4.74 Å². The molecule has 0 saturated heterocycles. The first-order valence-corrected chi connectivity index (χ1v) is 5.73. The number of rotatable bonds is 5. The fraction of sp³-hybridized carbons (Fsp3) is 0.500. The highest BCUT2D eigenvalue weighted by atomic mass is 127. The van der Waals surface area contributed by atoms with Crippen molar-refractivity contribution in [3.8, 4) is 5.88 Å². The molecule has 0 aromatic carbocycles. The molecule has 0 saturated carbocycles. The second kappa shape index (κ2) is 9.93. The van der Waals surface area contributed by atoms with Crippen LogP contribution in [0.3, 0.4) is 0 Å². The lowest BCUT2D eigenvalue weighted by Gasteiger charge is -2.11. The predicted molar refractivity (Wildman–Crippen MR) is 84.7 cm³/mol. The van der Waals surface area contributed by atoms with Gasteiger partial charge in [-0.3, -0.25) is 4.99 Å². The molecule has 0 atom stereocenters. The van der Waals surface area contributed by atoms with E-state index in [2.05, 4.69) is 27.5 Å². The van der Waals surface area contributed by atoms with E-state index in [0.717, 1.165) is 24.5 Å². The number of nitrogens with zero attached hydrogens (tertiary/aromatic N) is 2. The van der Waals surface area contributed by atoms with Crippen LogP contribution in [0.4, 0.5) is 0 Å². The molecule has 0 aliphatic rings. The van der Waals surface area contributed by atoms with Crippen LogP contribution in [0, 0.1) is 0 Å². The zero-order chi connectivity index (χ0) is 12.5. The summed E-state index contributed by atoms with van der Waals surface area (Å²) in [7, 11) is 3.37. The second-order valence-corrected chi connectivity index (χ2v) is 3.56. The quantitative estimate of drug-likeness (QED) is 0.475. The number of guanidine groups is 1. The lowest BCUT2D eigenvalue weighted by Crippen LogP contribution is -2.37. The zero-order valence-electron chi connectivity index (χ0n) is 11.1. The van der Waals surface area contributed by atoms with Crippen LogP contribution in [-0.2, 0) is 6.54 Å². The molecule has 0 unspecified atom stereocenters. The summed E-state index contributed by atoms with van der Waals surface area (Å²) < 4.78 is 5.07. The first-order valence-electron chi connectivity index (χ1n) is 5.73. The molecular weight excluding hydrogens is 343 g/mol. The van der Waals surface area contributed by atoms with Gasteiger partial charge < -0.3 is 15.4 Å². The molecule has 1 aromatic rings. The van der Waals surface area contributed by atoms with Gasteiger partial charge >= 0.3 is 0 Å². The summed E-state index contributed by atoms with van der Waals surface area (Å²) in [6.45, 7) is 3.73. The Hall–Kier alpha value is -1.05. The standard InChI is InChI=1S/C12H20N4O.HI/c1-4-6-15-12(13-2)16-9-10-5-7-14-11(8-10)17-3;/h5,7-8H,4,6,9H2,1-3H3,(H2,13,15,16);1H. The number of ether oxygens (including phenoxy) is 1. The van der Waals surface area contributed by atoms with E-state index in [9.17, 15) is 0 Å². The van der Waals surface area contributed by atoms with Crippen LogP contribution in [0.15, 0.2) is 23.3 Å². The highest BCUT2D eigenvalue weighted by Crippen LogP contribution is 2.07. The van der Waals surface area contributed by atoms with Gasteiger partial charge in [-0.05, 0) is 18.1 Å². The van der Waals surface area contributed by atoms with Gasteiger partial charge in [-0.1, -0.05) is 6.92 Å². The Morgan fingerprint density at radius 3 is 2.83 bits per heavy atom. The minimum absolute atomic E-state index is 0. The smallest absolute Gasteiger partial charge is 0.213 e. The molecule has 1 aromatic heterocycles. The maximum absolute atomic E-state index is 5.07. The van der Waals surface area contributed by atoms with Crippen LogP contribution in [0.5, 0.6) is 5.88 Å². The normalized spacial score (nSPS) is 10.5. The Bertz CT molecular complexity index is 371. The monoisotopic (exact) mass is 364 g/mol. The SMILES string of the molecule is CCCNC(=NC)NCc1ccnc(OC)c1.I. The van der Waals surface area contributed by atoms with Crippen LogP contribution in [-0.4, -0.2) is 31.6 Å². The largest absolute Gasteiger partial charge is 0.481 e. The first-order chi connectivity index (χ1) is 8.30. The summed E-state index contributed by atoms with van der Waals surface area (Å²) >= 11 is 0. The van der Waals surface area contributed by atoms with Crippen molar-refractivity contribution in [1.82, 2.24) is 15.6 Å². The van der Waals surface area contributed by atoms with Gasteiger partial charge in [0.15, 0.2) is 5.96 Å². The highest BCUT2D eigenvalue weighted by Gasteiger charge is 1.99. The summed E-state index contributed by atoms with van der Waals surface area (Å²) in [5, 5.41) is 6.44. The Kier molecular flexibility index (Phi) is 9.35. The minimum Gasteiger partial charge on any atom is -0.481 e. The van der Waals surface area contributed by atoms with Crippen molar-refractivity contribution in [3.63, 3.8) is 0 Å². The molecule has 1 heterocycles. The molecule has 102 valence electrons. The van der Waals surface area contributed by atoms with Gasteiger partial charge in [-0.25, -0.2) is 4.98 Å². The molecule has 6 heteroatoms. The van der Waals surface area contributed by atoms with E-state index in [-0.39, 0.29) is 24.0 Å². The van der Waals surface area contributed by atoms with Crippen LogP contribution in [0.2, 0.25) is 0 Å². The van der Waals surface area contributed by atoms with E-state index in [1.807, 2.05) is 12.1 Å². The van der Waals surface area contributed by atoms with Gasteiger partial charge in [-0.2, -0.15) is 0 Å². The molecule has 0 spiro atoms. The number of pyridine rings is 1. The van der Waals surface area contributed by atoms with Crippen LogP contribution in [0.25, 0.3) is 0 Å². The molecule has 1 rings (SSSR count). The van der Waals surface area contributed by atoms with E-state index < -0.39 is 0 Å². The van der Waals surface area contributed by atoms with E-state index >= 15 is 0 Å². The Morgan fingerprint density at radius 1 is 1.44 bits per heavy atom. The fourth-order valence-electron chi connectivity index (χ4n) is 1.32. The molecule has 2 N–H and O–H groups in total. The molecule has 0 amide bonds. The molecule has 0 bridgehead atoms. The Balaban J connectivity index is 0.00000289. The topological polar surface area (TPSA) is 58.5 Å². The van der Waals surface area contributed by atoms with Crippen molar-refractivity contribution in [1.29, 1.82) is 0 Å².